The second-order valence-electron chi connectivity index (χ2n) is 4.77. The fourth-order valence-electron chi connectivity index (χ4n) is 2.41. The molecule has 0 aliphatic heterocycles. The van der Waals surface area contributed by atoms with Gasteiger partial charge in [-0.1, -0.05) is 38.1 Å². The number of fused-ring (bicyclic) bond motifs is 1. The zero-order chi connectivity index (χ0) is 10.8. The van der Waals surface area contributed by atoms with Gasteiger partial charge in [-0.15, -0.1) is 0 Å². The SMILES string of the molecule is CC(C)C(=O)C1CCc2ccccc2C1. The van der Waals surface area contributed by atoms with Crippen molar-refractivity contribution in [2.24, 2.45) is 11.8 Å². The van der Waals surface area contributed by atoms with Crippen molar-refractivity contribution in [2.75, 3.05) is 0 Å². The Balaban J connectivity index is 2.15. The van der Waals surface area contributed by atoms with E-state index in [9.17, 15) is 4.79 Å². The van der Waals surface area contributed by atoms with E-state index < -0.39 is 0 Å². The maximum atomic E-state index is 11.9. The number of benzene rings is 1. The van der Waals surface area contributed by atoms with Gasteiger partial charge in [-0.05, 0) is 30.4 Å². The second-order valence-corrected chi connectivity index (χ2v) is 4.77. The predicted octanol–water partition coefficient (Wildman–Crippen LogP) is 3.02. The summed E-state index contributed by atoms with van der Waals surface area (Å²) >= 11 is 0. The van der Waals surface area contributed by atoms with Crippen LogP contribution in [0, 0.1) is 11.8 Å². The first kappa shape index (κ1) is 10.4. The molecule has 1 atom stereocenters. The van der Waals surface area contributed by atoms with Gasteiger partial charge in [-0.25, -0.2) is 0 Å². The van der Waals surface area contributed by atoms with Crippen LogP contribution in [0.3, 0.4) is 0 Å². The second kappa shape index (κ2) is 4.18. The monoisotopic (exact) mass is 202 g/mol. The number of hydrogen-bond acceptors (Lipinski definition) is 1. The minimum absolute atomic E-state index is 0.181. The van der Waals surface area contributed by atoms with Crippen LogP contribution in [0.15, 0.2) is 24.3 Å². The molecule has 0 saturated heterocycles. The molecule has 1 nitrogen and oxygen atoms in total. The van der Waals surface area contributed by atoms with Crippen molar-refractivity contribution in [2.45, 2.75) is 33.1 Å². The first-order valence-electron chi connectivity index (χ1n) is 5.79. The van der Waals surface area contributed by atoms with Gasteiger partial charge in [0.1, 0.15) is 5.78 Å². The summed E-state index contributed by atoms with van der Waals surface area (Å²) in [7, 11) is 0. The molecule has 1 aromatic rings. The summed E-state index contributed by atoms with van der Waals surface area (Å²) in [4.78, 5) is 11.9. The Morgan fingerprint density at radius 3 is 2.60 bits per heavy atom. The van der Waals surface area contributed by atoms with Gasteiger partial charge < -0.3 is 0 Å². The molecule has 1 aromatic carbocycles. The lowest BCUT2D eigenvalue weighted by Crippen LogP contribution is -2.26. The Labute approximate surface area is 91.5 Å². The third kappa shape index (κ3) is 2.11. The molecule has 1 unspecified atom stereocenters. The standard InChI is InChI=1S/C14H18O/c1-10(2)14(15)13-8-7-11-5-3-4-6-12(11)9-13/h3-6,10,13H,7-9H2,1-2H3. The van der Waals surface area contributed by atoms with E-state index in [2.05, 4.69) is 24.3 Å². The first-order valence-corrected chi connectivity index (χ1v) is 5.79. The molecular formula is C14H18O. The molecule has 0 N–H and O–H groups in total. The highest BCUT2D eigenvalue weighted by Crippen LogP contribution is 2.27. The van der Waals surface area contributed by atoms with Crippen LogP contribution in [-0.4, -0.2) is 5.78 Å². The molecule has 1 heteroatoms. The van der Waals surface area contributed by atoms with Crippen LogP contribution in [0.1, 0.15) is 31.4 Å². The first-order chi connectivity index (χ1) is 7.18. The summed E-state index contributed by atoms with van der Waals surface area (Å²) in [5, 5.41) is 0. The van der Waals surface area contributed by atoms with Crippen molar-refractivity contribution >= 4 is 5.78 Å². The maximum absolute atomic E-state index is 11.9. The average Bonchev–Trinajstić information content (AvgIpc) is 2.27. The van der Waals surface area contributed by atoms with E-state index in [1.807, 2.05) is 13.8 Å². The largest absolute Gasteiger partial charge is 0.299 e. The van der Waals surface area contributed by atoms with Crippen molar-refractivity contribution in [3.8, 4) is 0 Å². The summed E-state index contributed by atoms with van der Waals surface area (Å²) in [6, 6.07) is 8.50. The van der Waals surface area contributed by atoms with E-state index in [0.717, 1.165) is 19.3 Å². The lowest BCUT2D eigenvalue weighted by atomic mass is 9.79. The molecule has 15 heavy (non-hydrogen) atoms. The van der Waals surface area contributed by atoms with Crippen LogP contribution in [0.2, 0.25) is 0 Å². The molecule has 2 rings (SSSR count). The molecule has 1 aliphatic rings. The summed E-state index contributed by atoms with van der Waals surface area (Å²) in [6.07, 6.45) is 3.06. The van der Waals surface area contributed by atoms with Crippen LogP contribution in [-0.2, 0) is 17.6 Å². The molecule has 0 saturated carbocycles. The third-order valence-corrected chi connectivity index (χ3v) is 3.32. The Morgan fingerprint density at radius 1 is 1.27 bits per heavy atom. The molecule has 1 aliphatic carbocycles. The van der Waals surface area contributed by atoms with Crippen molar-refractivity contribution < 1.29 is 4.79 Å². The number of carbonyl (C=O) groups excluding carboxylic acids is 1. The summed E-state index contributed by atoms with van der Waals surface area (Å²) in [5.41, 5.74) is 2.81. The molecule has 80 valence electrons. The van der Waals surface area contributed by atoms with Crippen LogP contribution >= 0.6 is 0 Å². The van der Waals surface area contributed by atoms with Gasteiger partial charge in [-0.2, -0.15) is 0 Å². The van der Waals surface area contributed by atoms with E-state index in [1.165, 1.54) is 11.1 Å². The lowest BCUT2D eigenvalue weighted by molar-refractivity contribution is -0.126. The zero-order valence-electron chi connectivity index (χ0n) is 9.49. The summed E-state index contributed by atoms with van der Waals surface area (Å²) < 4.78 is 0. The molecule has 0 amide bonds. The van der Waals surface area contributed by atoms with Gasteiger partial charge in [0.05, 0.1) is 0 Å². The number of rotatable bonds is 2. The average molecular weight is 202 g/mol. The van der Waals surface area contributed by atoms with Crippen molar-refractivity contribution in [1.82, 2.24) is 0 Å². The highest BCUT2D eigenvalue weighted by molar-refractivity contribution is 5.83. The van der Waals surface area contributed by atoms with E-state index in [1.54, 1.807) is 0 Å². The predicted molar refractivity (Wildman–Crippen MR) is 61.8 cm³/mol. The zero-order valence-corrected chi connectivity index (χ0v) is 9.49. The number of aryl methyl sites for hydroxylation is 1. The summed E-state index contributed by atoms with van der Waals surface area (Å²) in [6.45, 7) is 4.01. The van der Waals surface area contributed by atoms with E-state index in [0.29, 0.717) is 5.78 Å². The topological polar surface area (TPSA) is 17.1 Å². The van der Waals surface area contributed by atoms with Gasteiger partial charge in [0.15, 0.2) is 0 Å². The van der Waals surface area contributed by atoms with E-state index in [4.69, 9.17) is 0 Å². The van der Waals surface area contributed by atoms with Gasteiger partial charge in [0.2, 0.25) is 0 Å². The van der Waals surface area contributed by atoms with Crippen molar-refractivity contribution in [3.05, 3.63) is 35.4 Å². The van der Waals surface area contributed by atoms with Crippen LogP contribution < -0.4 is 0 Å². The quantitative estimate of drug-likeness (QED) is 0.720. The highest BCUT2D eigenvalue weighted by Gasteiger charge is 2.25. The molecule has 0 spiro atoms. The number of hydrogen-bond donors (Lipinski definition) is 0. The molecule has 0 bridgehead atoms. The van der Waals surface area contributed by atoms with Gasteiger partial charge in [0, 0.05) is 11.8 Å². The Hall–Kier alpha value is -1.11. The van der Waals surface area contributed by atoms with Crippen molar-refractivity contribution in [3.63, 3.8) is 0 Å². The normalized spacial score (nSPS) is 20.1. The number of Topliss-reactive ketones (excluding diaryl/α,β-unsaturated/α-hetero) is 1. The van der Waals surface area contributed by atoms with Crippen molar-refractivity contribution in [1.29, 1.82) is 0 Å². The maximum Gasteiger partial charge on any atom is 0.138 e. The molecule has 0 aromatic heterocycles. The van der Waals surface area contributed by atoms with Crippen LogP contribution in [0.5, 0.6) is 0 Å². The number of ketones is 1. The van der Waals surface area contributed by atoms with Gasteiger partial charge >= 0.3 is 0 Å². The molecular weight excluding hydrogens is 184 g/mol. The fraction of sp³-hybridized carbons (Fsp3) is 0.500. The van der Waals surface area contributed by atoms with Crippen LogP contribution in [0.4, 0.5) is 0 Å². The van der Waals surface area contributed by atoms with Crippen LogP contribution in [0.25, 0.3) is 0 Å². The Kier molecular flexibility index (Phi) is 2.90. The highest BCUT2D eigenvalue weighted by atomic mass is 16.1. The minimum Gasteiger partial charge on any atom is -0.299 e. The Morgan fingerprint density at radius 2 is 1.93 bits per heavy atom. The smallest absolute Gasteiger partial charge is 0.138 e. The molecule has 0 heterocycles. The minimum atomic E-state index is 0.181. The fourth-order valence-corrected chi connectivity index (χ4v) is 2.41. The molecule has 0 radical (unpaired) electrons. The van der Waals surface area contributed by atoms with Gasteiger partial charge in [0.25, 0.3) is 0 Å². The Bertz CT molecular complexity index is 365. The van der Waals surface area contributed by atoms with Gasteiger partial charge in [-0.3, -0.25) is 4.79 Å². The third-order valence-electron chi connectivity index (χ3n) is 3.32. The summed E-state index contributed by atoms with van der Waals surface area (Å²) in [5.74, 6) is 0.879. The molecule has 0 fully saturated rings. The van der Waals surface area contributed by atoms with E-state index >= 15 is 0 Å². The lowest BCUT2D eigenvalue weighted by Gasteiger charge is -2.24. The number of carbonyl (C=O) groups is 1. The van der Waals surface area contributed by atoms with E-state index in [-0.39, 0.29) is 11.8 Å².